The lowest BCUT2D eigenvalue weighted by atomic mass is 10.1. The van der Waals surface area contributed by atoms with Gasteiger partial charge in [0.15, 0.2) is 5.82 Å². The van der Waals surface area contributed by atoms with Crippen molar-refractivity contribution >= 4 is 24.1 Å². The van der Waals surface area contributed by atoms with Gasteiger partial charge in [-0.15, -0.1) is 12.4 Å². The van der Waals surface area contributed by atoms with Gasteiger partial charge in [-0.3, -0.25) is 4.79 Å². The molecule has 1 fully saturated rings. The summed E-state index contributed by atoms with van der Waals surface area (Å²) in [4.78, 5) is 13.9. The Bertz CT molecular complexity index is 410. The van der Waals surface area contributed by atoms with Gasteiger partial charge in [0, 0.05) is 31.6 Å². The number of rotatable bonds is 4. The van der Waals surface area contributed by atoms with Crippen LogP contribution in [-0.2, 0) is 4.79 Å². The monoisotopic (exact) mass is 288 g/mol. The highest BCUT2D eigenvalue weighted by Crippen LogP contribution is 2.10. The third kappa shape index (κ3) is 5.18. The van der Waals surface area contributed by atoms with Crippen molar-refractivity contribution in [3.63, 3.8) is 0 Å². The van der Waals surface area contributed by atoms with E-state index in [2.05, 4.69) is 15.4 Å². The molecule has 1 atom stereocenters. The molecule has 3 N–H and O–H groups in total. The third-order valence-corrected chi connectivity index (χ3v) is 3.09. The number of nitrogens with one attached hydrogen (secondary N) is 1. The summed E-state index contributed by atoms with van der Waals surface area (Å²) in [7, 11) is 0. The Morgan fingerprint density at radius 2 is 2.47 bits per heavy atom. The fourth-order valence-corrected chi connectivity index (χ4v) is 2.18. The molecule has 1 aromatic heterocycles. The minimum atomic E-state index is -0.0394. The van der Waals surface area contributed by atoms with E-state index >= 15 is 0 Å². The predicted molar refractivity (Wildman–Crippen MR) is 75.4 cm³/mol. The average Bonchev–Trinajstić information content (AvgIpc) is 2.72. The molecule has 108 valence electrons. The zero-order chi connectivity index (χ0) is 13.0. The first-order chi connectivity index (χ1) is 8.63. The molecule has 19 heavy (non-hydrogen) atoms. The minimum absolute atomic E-state index is 0. The minimum Gasteiger partial charge on any atom is -0.360 e. The van der Waals surface area contributed by atoms with E-state index in [0.717, 1.165) is 32.5 Å². The first-order valence-corrected chi connectivity index (χ1v) is 6.34. The Labute approximate surface area is 119 Å². The summed E-state index contributed by atoms with van der Waals surface area (Å²) < 4.78 is 4.88. The largest absolute Gasteiger partial charge is 0.360 e. The van der Waals surface area contributed by atoms with Crippen molar-refractivity contribution in [1.82, 2.24) is 10.1 Å². The van der Waals surface area contributed by atoms with Gasteiger partial charge in [-0.2, -0.15) is 0 Å². The third-order valence-electron chi connectivity index (χ3n) is 3.09. The molecule has 1 saturated heterocycles. The van der Waals surface area contributed by atoms with Crippen molar-refractivity contribution in [3.05, 3.63) is 11.8 Å². The molecule has 2 heterocycles. The zero-order valence-corrected chi connectivity index (χ0v) is 11.9. The van der Waals surface area contributed by atoms with Crippen LogP contribution in [0, 0.1) is 6.92 Å². The molecule has 7 heteroatoms. The first kappa shape index (κ1) is 15.9. The number of hydrogen-bond donors (Lipinski definition) is 2. The average molecular weight is 289 g/mol. The summed E-state index contributed by atoms with van der Waals surface area (Å²) in [5.41, 5.74) is 5.89. The van der Waals surface area contributed by atoms with Gasteiger partial charge in [-0.25, -0.2) is 0 Å². The number of halogens is 1. The standard InChI is InChI=1S/C12H20N4O2.ClH/c1-9-7-11(15-18-9)14-12(17)4-6-16-5-2-3-10(13)8-16;/h7,10H,2-6,8,13H2,1H3,(H,14,15,17);1H/t10-;/m1./s1. The number of likely N-dealkylation sites (tertiary alicyclic amines) is 1. The van der Waals surface area contributed by atoms with Crippen LogP contribution in [0.25, 0.3) is 0 Å². The molecule has 0 radical (unpaired) electrons. The maximum absolute atomic E-state index is 11.7. The van der Waals surface area contributed by atoms with Crippen LogP contribution in [0.1, 0.15) is 25.0 Å². The van der Waals surface area contributed by atoms with Crippen LogP contribution in [0.4, 0.5) is 5.82 Å². The summed E-state index contributed by atoms with van der Waals surface area (Å²) >= 11 is 0. The maximum atomic E-state index is 11.7. The smallest absolute Gasteiger partial charge is 0.226 e. The van der Waals surface area contributed by atoms with Crippen LogP contribution >= 0.6 is 12.4 Å². The molecule has 0 saturated carbocycles. The van der Waals surface area contributed by atoms with Crippen LogP contribution < -0.4 is 11.1 Å². The fraction of sp³-hybridized carbons (Fsp3) is 0.667. The number of anilines is 1. The van der Waals surface area contributed by atoms with Crippen molar-refractivity contribution in [1.29, 1.82) is 0 Å². The second-order valence-electron chi connectivity index (χ2n) is 4.82. The number of piperidine rings is 1. The normalized spacial score (nSPS) is 19.8. The van der Waals surface area contributed by atoms with E-state index in [-0.39, 0.29) is 24.4 Å². The number of aromatic nitrogens is 1. The Morgan fingerprint density at radius 1 is 1.68 bits per heavy atom. The van der Waals surface area contributed by atoms with Crippen molar-refractivity contribution in [2.45, 2.75) is 32.2 Å². The Hall–Kier alpha value is -1.11. The summed E-state index contributed by atoms with van der Waals surface area (Å²) in [6, 6.07) is 1.95. The summed E-state index contributed by atoms with van der Waals surface area (Å²) in [6.45, 7) is 4.45. The lowest BCUT2D eigenvalue weighted by Gasteiger charge is -2.30. The van der Waals surface area contributed by atoms with Gasteiger partial charge in [0.05, 0.1) is 0 Å². The molecule has 6 nitrogen and oxygen atoms in total. The van der Waals surface area contributed by atoms with Crippen molar-refractivity contribution < 1.29 is 9.32 Å². The molecule has 2 rings (SSSR count). The summed E-state index contributed by atoms with van der Waals surface area (Å²) in [6.07, 6.45) is 2.66. The van der Waals surface area contributed by atoms with Gasteiger partial charge in [0.2, 0.25) is 5.91 Å². The SMILES string of the molecule is Cc1cc(NC(=O)CCN2CCC[C@@H](N)C2)no1.Cl. The molecule has 0 aliphatic carbocycles. The van der Waals surface area contributed by atoms with E-state index in [1.54, 1.807) is 13.0 Å². The van der Waals surface area contributed by atoms with E-state index in [4.69, 9.17) is 10.3 Å². The topological polar surface area (TPSA) is 84.4 Å². The molecule has 0 bridgehead atoms. The number of nitrogens with two attached hydrogens (primary N) is 1. The van der Waals surface area contributed by atoms with Gasteiger partial charge in [-0.1, -0.05) is 5.16 Å². The van der Waals surface area contributed by atoms with Crippen molar-refractivity contribution in [2.75, 3.05) is 25.0 Å². The lowest BCUT2D eigenvalue weighted by Crippen LogP contribution is -2.43. The van der Waals surface area contributed by atoms with Gasteiger partial charge >= 0.3 is 0 Å². The first-order valence-electron chi connectivity index (χ1n) is 6.34. The van der Waals surface area contributed by atoms with Crippen LogP contribution in [0.2, 0.25) is 0 Å². The molecular formula is C12H21ClN4O2. The molecule has 1 aliphatic heterocycles. The number of amides is 1. The zero-order valence-electron chi connectivity index (χ0n) is 11.1. The number of carbonyl (C=O) groups is 1. The van der Waals surface area contributed by atoms with Gasteiger partial charge in [0.25, 0.3) is 0 Å². The van der Waals surface area contributed by atoms with Crippen LogP contribution in [0.5, 0.6) is 0 Å². The predicted octanol–water partition coefficient (Wildman–Crippen LogP) is 1.16. The number of hydrogen-bond acceptors (Lipinski definition) is 5. The van der Waals surface area contributed by atoms with Crippen LogP contribution in [-0.4, -0.2) is 41.6 Å². The quantitative estimate of drug-likeness (QED) is 0.868. The Morgan fingerprint density at radius 3 is 3.11 bits per heavy atom. The van der Waals surface area contributed by atoms with Gasteiger partial charge in [-0.05, 0) is 26.3 Å². The van der Waals surface area contributed by atoms with Gasteiger partial charge < -0.3 is 20.5 Å². The summed E-state index contributed by atoms with van der Waals surface area (Å²) in [5, 5.41) is 6.43. The highest BCUT2D eigenvalue weighted by molar-refractivity contribution is 5.89. The maximum Gasteiger partial charge on any atom is 0.226 e. The molecule has 1 aromatic rings. The van der Waals surface area contributed by atoms with E-state index < -0.39 is 0 Å². The lowest BCUT2D eigenvalue weighted by molar-refractivity contribution is -0.116. The van der Waals surface area contributed by atoms with Crippen LogP contribution in [0.15, 0.2) is 10.6 Å². The number of carbonyl (C=O) groups excluding carboxylic acids is 1. The fourth-order valence-electron chi connectivity index (χ4n) is 2.18. The molecule has 0 spiro atoms. The van der Waals surface area contributed by atoms with E-state index in [1.807, 2.05) is 0 Å². The Balaban J connectivity index is 0.00000180. The number of nitrogens with zero attached hydrogens (tertiary/aromatic N) is 2. The number of aryl methyl sites for hydroxylation is 1. The Kier molecular flexibility index (Phi) is 6.27. The van der Waals surface area contributed by atoms with Crippen LogP contribution in [0.3, 0.4) is 0 Å². The van der Waals surface area contributed by atoms with Crippen molar-refractivity contribution in [2.24, 2.45) is 5.73 Å². The second-order valence-corrected chi connectivity index (χ2v) is 4.82. The summed E-state index contributed by atoms with van der Waals surface area (Å²) in [5.74, 6) is 1.13. The highest BCUT2D eigenvalue weighted by atomic mass is 35.5. The van der Waals surface area contributed by atoms with E-state index in [9.17, 15) is 4.79 Å². The van der Waals surface area contributed by atoms with Crippen molar-refractivity contribution in [3.8, 4) is 0 Å². The molecule has 0 unspecified atom stereocenters. The van der Waals surface area contributed by atoms with E-state index in [0.29, 0.717) is 18.0 Å². The second kappa shape index (κ2) is 7.47. The molecule has 0 aromatic carbocycles. The highest BCUT2D eigenvalue weighted by Gasteiger charge is 2.17. The molecule has 1 amide bonds. The van der Waals surface area contributed by atoms with Gasteiger partial charge in [0.1, 0.15) is 5.76 Å². The van der Waals surface area contributed by atoms with E-state index in [1.165, 1.54) is 0 Å². The molecule has 1 aliphatic rings. The molecular weight excluding hydrogens is 268 g/mol.